The van der Waals surface area contributed by atoms with E-state index in [1.165, 1.54) is 5.56 Å². The first-order valence-electron chi connectivity index (χ1n) is 6.54. The summed E-state index contributed by atoms with van der Waals surface area (Å²) < 4.78 is 6.51. The minimum Gasteiger partial charge on any atom is -0.496 e. The number of aromatic nitrogens is 1. The maximum absolute atomic E-state index is 5.45. The molecule has 2 aromatic carbocycles. The van der Waals surface area contributed by atoms with E-state index in [0.29, 0.717) is 0 Å². The minimum atomic E-state index is 0.851. The Morgan fingerprint density at radius 2 is 1.90 bits per heavy atom. The molecule has 0 saturated carbocycles. The highest BCUT2D eigenvalue weighted by Gasteiger charge is 2.12. The fraction of sp³-hybridized carbons (Fsp3) is 0.118. The van der Waals surface area contributed by atoms with Crippen LogP contribution in [0.2, 0.25) is 0 Å². The number of nitrogens with zero attached hydrogens (tertiary/aromatic N) is 1. The molecule has 0 atom stereocenters. The molecule has 0 aliphatic carbocycles. The Morgan fingerprint density at radius 1 is 1.10 bits per heavy atom. The molecule has 0 saturated heterocycles. The summed E-state index contributed by atoms with van der Waals surface area (Å²) in [6.07, 6.45) is 0. The Labute approximate surface area is 136 Å². The number of rotatable bonds is 3. The largest absolute Gasteiger partial charge is 0.496 e. The van der Waals surface area contributed by atoms with E-state index >= 15 is 0 Å². The second-order valence-corrected chi connectivity index (χ2v) is 6.43. The van der Waals surface area contributed by atoms with Gasteiger partial charge in [-0.1, -0.05) is 45.8 Å². The van der Waals surface area contributed by atoms with E-state index in [1.807, 2.05) is 30.3 Å². The van der Waals surface area contributed by atoms with Gasteiger partial charge in [-0.25, -0.2) is 4.98 Å². The fourth-order valence-corrected chi connectivity index (χ4v) is 3.64. The van der Waals surface area contributed by atoms with E-state index < -0.39 is 0 Å². The van der Waals surface area contributed by atoms with Crippen LogP contribution in [0.25, 0.3) is 21.8 Å². The second-order valence-electron chi connectivity index (χ2n) is 4.72. The Balaban J connectivity index is 2.07. The molecule has 0 spiro atoms. The molecule has 3 rings (SSSR count). The van der Waals surface area contributed by atoms with E-state index in [-0.39, 0.29) is 0 Å². The van der Waals surface area contributed by atoms with E-state index in [1.54, 1.807) is 18.4 Å². The molecule has 1 heterocycles. The summed E-state index contributed by atoms with van der Waals surface area (Å²) in [6.45, 7) is 2.07. The van der Waals surface area contributed by atoms with Gasteiger partial charge in [0.1, 0.15) is 10.8 Å². The van der Waals surface area contributed by atoms with Crippen LogP contribution in [0.5, 0.6) is 5.75 Å². The Morgan fingerprint density at radius 3 is 2.67 bits per heavy atom. The SMILES string of the molecule is COc1ccc(C)cc1-c1csc(-c2ccccc2Br)n1. The molecular weight excluding hydrogens is 346 g/mol. The summed E-state index contributed by atoms with van der Waals surface area (Å²) >= 11 is 5.22. The lowest BCUT2D eigenvalue weighted by Crippen LogP contribution is -1.89. The van der Waals surface area contributed by atoms with Crippen LogP contribution in [-0.2, 0) is 0 Å². The molecule has 2 nitrogen and oxygen atoms in total. The van der Waals surface area contributed by atoms with Crippen molar-refractivity contribution in [3.05, 3.63) is 57.9 Å². The maximum Gasteiger partial charge on any atom is 0.128 e. The molecule has 4 heteroatoms. The van der Waals surface area contributed by atoms with Gasteiger partial charge in [-0.2, -0.15) is 0 Å². The van der Waals surface area contributed by atoms with Gasteiger partial charge in [0.2, 0.25) is 0 Å². The molecule has 3 aromatic rings. The van der Waals surface area contributed by atoms with Crippen molar-refractivity contribution in [1.29, 1.82) is 0 Å². The van der Waals surface area contributed by atoms with E-state index in [4.69, 9.17) is 9.72 Å². The van der Waals surface area contributed by atoms with Crippen LogP contribution in [0.1, 0.15) is 5.56 Å². The van der Waals surface area contributed by atoms with E-state index in [9.17, 15) is 0 Å². The molecule has 0 aliphatic rings. The number of aryl methyl sites for hydroxylation is 1. The second kappa shape index (κ2) is 6.00. The van der Waals surface area contributed by atoms with Gasteiger partial charge < -0.3 is 4.74 Å². The summed E-state index contributed by atoms with van der Waals surface area (Å²) in [5.41, 5.74) is 4.29. The first kappa shape index (κ1) is 14.3. The lowest BCUT2D eigenvalue weighted by Gasteiger charge is -2.07. The smallest absolute Gasteiger partial charge is 0.128 e. The van der Waals surface area contributed by atoms with Crippen molar-refractivity contribution in [1.82, 2.24) is 4.98 Å². The van der Waals surface area contributed by atoms with Crippen molar-refractivity contribution in [3.8, 4) is 27.6 Å². The standard InChI is InChI=1S/C17H14BrNOS/c1-11-7-8-16(20-2)13(9-11)15-10-21-17(19-15)12-5-3-4-6-14(12)18/h3-10H,1-2H3. The molecule has 0 N–H and O–H groups in total. The van der Waals surface area contributed by atoms with Crippen LogP contribution < -0.4 is 4.74 Å². The lowest BCUT2D eigenvalue weighted by atomic mass is 10.1. The summed E-state index contributed by atoms with van der Waals surface area (Å²) in [6, 6.07) is 14.3. The van der Waals surface area contributed by atoms with Crippen LogP contribution >= 0.6 is 27.3 Å². The van der Waals surface area contributed by atoms with Crippen molar-refractivity contribution in [3.63, 3.8) is 0 Å². The van der Waals surface area contributed by atoms with Gasteiger partial charge in [-0.15, -0.1) is 11.3 Å². The molecule has 21 heavy (non-hydrogen) atoms. The first-order chi connectivity index (χ1) is 10.2. The van der Waals surface area contributed by atoms with Crippen LogP contribution in [0.4, 0.5) is 0 Å². The number of hydrogen-bond acceptors (Lipinski definition) is 3. The quantitative estimate of drug-likeness (QED) is 0.610. The normalized spacial score (nSPS) is 10.6. The molecule has 0 fully saturated rings. The third-order valence-electron chi connectivity index (χ3n) is 3.24. The average Bonchev–Trinajstić information content (AvgIpc) is 2.97. The zero-order valence-electron chi connectivity index (χ0n) is 11.8. The van der Waals surface area contributed by atoms with Crippen molar-refractivity contribution in [2.45, 2.75) is 6.92 Å². The Hall–Kier alpha value is -1.65. The highest BCUT2D eigenvalue weighted by molar-refractivity contribution is 9.10. The number of benzene rings is 2. The summed E-state index contributed by atoms with van der Waals surface area (Å²) in [5, 5.41) is 3.08. The molecule has 0 unspecified atom stereocenters. The number of ether oxygens (including phenoxy) is 1. The fourth-order valence-electron chi connectivity index (χ4n) is 2.18. The summed E-state index contributed by atoms with van der Waals surface area (Å²) in [5.74, 6) is 0.851. The highest BCUT2D eigenvalue weighted by atomic mass is 79.9. The van der Waals surface area contributed by atoms with Crippen molar-refractivity contribution in [2.24, 2.45) is 0 Å². The molecule has 1 aromatic heterocycles. The molecule has 106 valence electrons. The van der Waals surface area contributed by atoms with E-state index in [0.717, 1.165) is 32.1 Å². The number of hydrogen-bond donors (Lipinski definition) is 0. The topological polar surface area (TPSA) is 22.1 Å². The van der Waals surface area contributed by atoms with Crippen LogP contribution in [0.3, 0.4) is 0 Å². The molecule has 0 bridgehead atoms. The van der Waals surface area contributed by atoms with Crippen LogP contribution in [0.15, 0.2) is 52.3 Å². The minimum absolute atomic E-state index is 0.851. The van der Waals surface area contributed by atoms with Crippen molar-refractivity contribution < 1.29 is 4.74 Å². The van der Waals surface area contributed by atoms with Crippen molar-refractivity contribution in [2.75, 3.05) is 7.11 Å². The third kappa shape index (κ3) is 2.87. The Bertz CT molecular complexity index is 782. The maximum atomic E-state index is 5.45. The summed E-state index contributed by atoms with van der Waals surface area (Å²) in [7, 11) is 1.69. The number of halogens is 1. The number of methoxy groups -OCH3 is 1. The first-order valence-corrected chi connectivity index (χ1v) is 8.22. The van der Waals surface area contributed by atoms with Crippen molar-refractivity contribution >= 4 is 27.3 Å². The molecule has 0 aliphatic heterocycles. The lowest BCUT2D eigenvalue weighted by molar-refractivity contribution is 0.416. The third-order valence-corrected chi connectivity index (χ3v) is 4.81. The monoisotopic (exact) mass is 359 g/mol. The zero-order chi connectivity index (χ0) is 14.8. The highest BCUT2D eigenvalue weighted by Crippen LogP contribution is 2.36. The van der Waals surface area contributed by atoms with Crippen LogP contribution in [0, 0.1) is 6.92 Å². The number of thiazole rings is 1. The summed E-state index contributed by atoms with van der Waals surface area (Å²) in [4.78, 5) is 4.77. The molecular formula is C17H14BrNOS. The van der Waals surface area contributed by atoms with Gasteiger partial charge in [0.25, 0.3) is 0 Å². The zero-order valence-corrected chi connectivity index (χ0v) is 14.2. The Kier molecular flexibility index (Phi) is 4.08. The van der Waals surface area contributed by atoms with Gasteiger partial charge >= 0.3 is 0 Å². The van der Waals surface area contributed by atoms with Gasteiger partial charge in [-0.05, 0) is 25.1 Å². The molecule has 0 amide bonds. The van der Waals surface area contributed by atoms with E-state index in [2.05, 4.69) is 40.4 Å². The predicted molar refractivity (Wildman–Crippen MR) is 92.0 cm³/mol. The van der Waals surface area contributed by atoms with Gasteiger partial charge in [0, 0.05) is 21.0 Å². The predicted octanol–water partition coefficient (Wildman–Crippen LogP) is 5.56. The molecule has 0 radical (unpaired) electrons. The van der Waals surface area contributed by atoms with Gasteiger partial charge in [0.05, 0.1) is 12.8 Å². The van der Waals surface area contributed by atoms with Crippen LogP contribution in [-0.4, -0.2) is 12.1 Å². The average molecular weight is 360 g/mol. The van der Waals surface area contributed by atoms with Gasteiger partial charge in [0.15, 0.2) is 0 Å². The van der Waals surface area contributed by atoms with Gasteiger partial charge in [-0.3, -0.25) is 0 Å².